The number of ether oxygens (including phenoxy) is 2. The lowest BCUT2D eigenvalue weighted by molar-refractivity contribution is 0.0499. The van der Waals surface area contributed by atoms with E-state index in [4.69, 9.17) is 25.2 Å². The molecule has 2 fully saturated rings. The first-order valence-electron chi connectivity index (χ1n) is 14.6. The molecule has 0 spiro atoms. The molecule has 2 amide bonds. The molecule has 11 heteroatoms. The Bertz CT molecular complexity index is 1220. The van der Waals surface area contributed by atoms with Gasteiger partial charge in [-0.2, -0.15) is 4.98 Å². The van der Waals surface area contributed by atoms with Gasteiger partial charge in [-0.1, -0.05) is 13.8 Å². The van der Waals surface area contributed by atoms with E-state index in [1.54, 1.807) is 7.11 Å². The third kappa shape index (κ3) is 8.28. The van der Waals surface area contributed by atoms with Gasteiger partial charge >= 0.3 is 6.09 Å². The number of methoxy groups -OCH3 is 1. The molecule has 1 saturated heterocycles. The molecule has 11 nitrogen and oxygen atoms in total. The van der Waals surface area contributed by atoms with E-state index < -0.39 is 17.6 Å². The molecule has 2 aromatic rings. The second-order valence-electron chi connectivity index (χ2n) is 12.4. The van der Waals surface area contributed by atoms with Crippen LogP contribution >= 0.6 is 0 Å². The molecule has 0 aromatic carbocycles. The van der Waals surface area contributed by atoms with E-state index in [0.717, 1.165) is 62.1 Å². The second-order valence-corrected chi connectivity index (χ2v) is 12.4. The summed E-state index contributed by atoms with van der Waals surface area (Å²) in [5.74, 6) is 0.771. The molecular formula is C30H45N7O4. The molecule has 1 saturated carbocycles. The summed E-state index contributed by atoms with van der Waals surface area (Å²) in [5.41, 5.74) is 8.17. The number of piperidine rings is 1. The van der Waals surface area contributed by atoms with Gasteiger partial charge in [0.25, 0.3) is 5.91 Å². The number of anilines is 3. The minimum absolute atomic E-state index is 0.112. The van der Waals surface area contributed by atoms with Crippen molar-refractivity contribution < 1.29 is 19.1 Å². The van der Waals surface area contributed by atoms with Crippen LogP contribution in [0.5, 0.6) is 0 Å². The Morgan fingerprint density at radius 3 is 2.46 bits per heavy atom. The monoisotopic (exact) mass is 567 g/mol. The first-order valence-corrected chi connectivity index (χ1v) is 14.6. The van der Waals surface area contributed by atoms with Crippen molar-refractivity contribution in [3.05, 3.63) is 35.3 Å². The number of pyridine rings is 1. The van der Waals surface area contributed by atoms with Gasteiger partial charge in [0.2, 0.25) is 5.95 Å². The summed E-state index contributed by atoms with van der Waals surface area (Å²) >= 11 is 0. The number of aromatic nitrogens is 3. The Balaban J connectivity index is 1.56. The molecule has 3 heterocycles. The van der Waals surface area contributed by atoms with Gasteiger partial charge in [-0.15, -0.1) is 0 Å². The molecule has 0 unspecified atom stereocenters. The van der Waals surface area contributed by atoms with Gasteiger partial charge in [-0.3, -0.25) is 9.78 Å². The fourth-order valence-corrected chi connectivity index (χ4v) is 5.43. The predicted molar refractivity (Wildman–Crippen MR) is 159 cm³/mol. The van der Waals surface area contributed by atoms with E-state index >= 15 is 0 Å². The van der Waals surface area contributed by atoms with Gasteiger partial charge in [0.05, 0.1) is 6.10 Å². The molecule has 4 N–H and O–H groups in total. The highest BCUT2D eigenvalue weighted by Crippen LogP contribution is 2.35. The topological polar surface area (TPSA) is 145 Å². The fraction of sp³-hybridized carbons (Fsp3) is 0.633. The van der Waals surface area contributed by atoms with Gasteiger partial charge < -0.3 is 30.7 Å². The number of carbonyl (C=O) groups excluding carboxylic acids is 2. The summed E-state index contributed by atoms with van der Waals surface area (Å²) in [4.78, 5) is 40.9. The standard InChI is InChI=1S/C30H45N7O4/c1-18(2)24-14-21(15-25(35-24)19-9-11-22(40-6)12-10-19)33-27-23(26(31)38)16-32-28(36-27)37-13-7-8-20(17-37)34-29(39)41-30(3,4)5/h14-16,18-20,22H,7-13,17H2,1-6H3,(H2,31,38)(H,34,39)(H,32,33,35,36)/t19?,20-,22?/m0/s1. The van der Waals surface area contributed by atoms with Crippen LogP contribution < -0.4 is 21.3 Å². The summed E-state index contributed by atoms with van der Waals surface area (Å²) in [6, 6.07) is 3.94. The number of primary amides is 1. The van der Waals surface area contributed by atoms with Crippen molar-refractivity contribution in [3.8, 4) is 0 Å². The highest BCUT2D eigenvalue weighted by molar-refractivity contribution is 5.98. The van der Waals surface area contributed by atoms with Crippen LogP contribution in [-0.2, 0) is 9.47 Å². The first-order chi connectivity index (χ1) is 19.4. The fourth-order valence-electron chi connectivity index (χ4n) is 5.43. The van der Waals surface area contributed by atoms with Crippen molar-refractivity contribution in [1.29, 1.82) is 0 Å². The van der Waals surface area contributed by atoms with E-state index in [1.807, 2.05) is 31.7 Å². The lowest BCUT2D eigenvalue weighted by atomic mass is 9.84. The molecule has 0 radical (unpaired) electrons. The van der Waals surface area contributed by atoms with Crippen LogP contribution in [0, 0.1) is 0 Å². The molecule has 224 valence electrons. The van der Waals surface area contributed by atoms with Crippen molar-refractivity contribution in [3.63, 3.8) is 0 Å². The number of hydrogen-bond acceptors (Lipinski definition) is 9. The van der Waals surface area contributed by atoms with Gasteiger partial charge in [-0.05, 0) is 77.3 Å². The summed E-state index contributed by atoms with van der Waals surface area (Å²) in [6.45, 7) is 11.0. The van der Waals surface area contributed by atoms with Crippen molar-refractivity contribution in [1.82, 2.24) is 20.3 Å². The molecule has 1 aliphatic carbocycles. The van der Waals surface area contributed by atoms with Gasteiger partial charge in [0, 0.05) is 55.4 Å². The van der Waals surface area contributed by atoms with Crippen molar-refractivity contribution >= 4 is 29.5 Å². The van der Waals surface area contributed by atoms with Crippen LogP contribution in [0.1, 0.15) is 107 Å². The number of hydrogen-bond donors (Lipinski definition) is 3. The average molecular weight is 568 g/mol. The third-order valence-corrected chi connectivity index (χ3v) is 7.61. The number of carbonyl (C=O) groups is 2. The van der Waals surface area contributed by atoms with Crippen LogP contribution in [0.25, 0.3) is 0 Å². The molecule has 1 atom stereocenters. The normalized spacial score (nSPS) is 21.4. The molecule has 2 aliphatic rings. The third-order valence-electron chi connectivity index (χ3n) is 7.61. The molecule has 4 rings (SSSR count). The zero-order valence-electron chi connectivity index (χ0n) is 25.2. The van der Waals surface area contributed by atoms with E-state index in [2.05, 4.69) is 35.5 Å². The predicted octanol–water partition coefficient (Wildman–Crippen LogP) is 5.00. The maximum absolute atomic E-state index is 12.3. The number of rotatable bonds is 8. The van der Waals surface area contributed by atoms with Crippen LogP contribution in [0.3, 0.4) is 0 Å². The molecule has 0 bridgehead atoms. The number of nitrogens with two attached hydrogens (primary N) is 1. The maximum atomic E-state index is 12.3. The SMILES string of the molecule is COC1CCC(c2cc(Nc3nc(N4CCC[C@H](NC(=O)OC(C)(C)C)C4)ncc3C(N)=O)cc(C(C)C)n2)CC1. The van der Waals surface area contributed by atoms with Crippen molar-refractivity contribution in [2.45, 2.75) is 103 Å². The van der Waals surface area contributed by atoms with Crippen LogP contribution in [-0.4, -0.2) is 64.9 Å². The summed E-state index contributed by atoms with van der Waals surface area (Å²) < 4.78 is 11.0. The summed E-state index contributed by atoms with van der Waals surface area (Å²) in [7, 11) is 1.78. The van der Waals surface area contributed by atoms with Crippen molar-refractivity contribution in [2.24, 2.45) is 5.73 Å². The van der Waals surface area contributed by atoms with E-state index in [9.17, 15) is 9.59 Å². The minimum Gasteiger partial charge on any atom is -0.444 e. The Morgan fingerprint density at radius 2 is 1.83 bits per heavy atom. The van der Waals surface area contributed by atoms with E-state index in [0.29, 0.717) is 30.3 Å². The second kappa shape index (κ2) is 13.0. The average Bonchev–Trinajstić information content (AvgIpc) is 2.91. The number of alkyl carbamates (subject to hydrolysis) is 1. The van der Waals surface area contributed by atoms with Crippen LogP contribution in [0.4, 0.5) is 22.2 Å². The van der Waals surface area contributed by atoms with E-state index in [1.165, 1.54) is 6.20 Å². The van der Waals surface area contributed by atoms with Gasteiger partial charge in [0.1, 0.15) is 17.0 Å². The zero-order chi connectivity index (χ0) is 29.7. The van der Waals surface area contributed by atoms with Crippen LogP contribution in [0.15, 0.2) is 18.3 Å². The number of amides is 2. The Labute approximate surface area is 243 Å². The molecule has 1 aliphatic heterocycles. The lowest BCUT2D eigenvalue weighted by Gasteiger charge is -2.33. The van der Waals surface area contributed by atoms with Gasteiger partial charge in [-0.25, -0.2) is 9.78 Å². The van der Waals surface area contributed by atoms with Gasteiger partial charge in [0.15, 0.2) is 0 Å². The quantitative estimate of drug-likeness (QED) is 0.401. The maximum Gasteiger partial charge on any atom is 0.407 e. The van der Waals surface area contributed by atoms with E-state index in [-0.39, 0.29) is 17.5 Å². The Morgan fingerprint density at radius 1 is 1.10 bits per heavy atom. The Hall–Kier alpha value is -3.47. The number of nitrogens with one attached hydrogen (secondary N) is 2. The summed E-state index contributed by atoms with van der Waals surface area (Å²) in [6.07, 6.45) is 7.07. The van der Waals surface area contributed by atoms with Crippen molar-refractivity contribution in [2.75, 3.05) is 30.4 Å². The smallest absolute Gasteiger partial charge is 0.407 e. The lowest BCUT2D eigenvalue weighted by Crippen LogP contribution is -2.49. The first kappa shape index (κ1) is 30.5. The largest absolute Gasteiger partial charge is 0.444 e. The summed E-state index contributed by atoms with van der Waals surface area (Å²) in [5, 5.41) is 6.32. The molecule has 41 heavy (non-hydrogen) atoms. The zero-order valence-corrected chi connectivity index (χ0v) is 25.2. The Kier molecular flexibility index (Phi) is 9.68. The highest BCUT2D eigenvalue weighted by atomic mass is 16.6. The highest BCUT2D eigenvalue weighted by Gasteiger charge is 2.27. The number of nitrogens with zero attached hydrogens (tertiary/aromatic N) is 4. The molecular weight excluding hydrogens is 522 g/mol. The van der Waals surface area contributed by atoms with Crippen LogP contribution in [0.2, 0.25) is 0 Å². The minimum atomic E-state index is -0.613. The molecule has 2 aromatic heterocycles.